The van der Waals surface area contributed by atoms with Gasteiger partial charge in [0.1, 0.15) is 11.6 Å². The Morgan fingerprint density at radius 3 is 2.65 bits per heavy atom. The van der Waals surface area contributed by atoms with E-state index in [-0.39, 0.29) is 30.7 Å². The Morgan fingerprint density at radius 2 is 2.04 bits per heavy atom. The summed E-state index contributed by atoms with van der Waals surface area (Å²) in [6, 6.07) is 5.20. The van der Waals surface area contributed by atoms with Crippen LogP contribution in [-0.4, -0.2) is 62.4 Å². The lowest BCUT2D eigenvalue weighted by atomic mass is 10.1. The molecule has 1 aliphatic rings. The first-order valence-corrected chi connectivity index (χ1v) is 8.14. The number of benzene rings is 1. The number of amides is 1. The molecule has 1 fully saturated rings. The summed E-state index contributed by atoms with van der Waals surface area (Å²) < 4.78 is 19.8. The zero-order valence-electron chi connectivity index (χ0n) is 14.4. The van der Waals surface area contributed by atoms with Crippen molar-refractivity contribution in [1.82, 2.24) is 19.7 Å². The minimum atomic E-state index is -0.981. The number of rotatable bonds is 5. The van der Waals surface area contributed by atoms with Crippen LogP contribution in [0.15, 0.2) is 24.3 Å². The van der Waals surface area contributed by atoms with Crippen LogP contribution in [-0.2, 0) is 9.53 Å². The number of carbonyl (C=O) groups is 2. The number of halogens is 1. The number of hydrogen-bond acceptors (Lipinski definition) is 5. The highest BCUT2D eigenvalue weighted by Gasteiger charge is 2.38. The predicted octanol–water partition coefficient (Wildman–Crippen LogP) is 1.42. The van der Waals surface area contributed by atoms with Crippen LogP contribution in [0.4, 0.5) is 4.39 Å². The number of ether oxygens (including phenoxy) is 1. The SMILES string of the molecule is COC1CC(CC(=O)O)N(C(=O)c2nc(C)n(-c3ccc(F)cc3)n2)C1. The number of carbonyl (C=O) groups excluding carboxylic acids is 1. The van der Waals surface area contributed by atoms with Crippen molar-refractivity contribution in [2.24, 2.45) is 0 Å². The topological polar surface area (TPSA) is 97.5 Å². The van der Waals surface area contributed by atoms with E-state index < -0.39 is 17.9 Å². The quantitative estimate of drug-likeness (QED) is 0.864. The molecule has 0 radical (unpaired) electrons. The first kappa shape index (κ1) is 18.0. The second-order valence-corrected chi connectivity index (χ2v) is 6.17. The molecule has 1 aromatic heterocycles. The standard InChI is InChI=1S/C17H19FN4O4/c1-10-19-16(20-22(10)12-5-3-11(18)4-6-12)17(25)21-9-14(26-2)7-13(21)8-15(23)24/h3-6,13-14H,7-9H2,1-2H3,(H,23,24). The maximum Gasteiger partial charge on any atom is 0.305 e. The number of hydrogen-bond donors (Lipinski definition) is 1. The Labute approximate surface area is 149 Å². The van der Waals surface area contributed by atoms with Crippen LogP contribution < -0.4 is 0 Å². The van der Waals surface area contributed by atoms with Gasteiger partial charge in [0.05, 0.1) is 18.2 Å². The summed E-state index contributed by atoms with van der Waals surface area (Å²) >= 11 is 0. The van der Waals surface area contributed by atoms with E-state index in [2.05, 4.69) is 10.1 Å². The molecule has 26 heavy (non-hydrogen) atoms. The van der Waals surface area contributed by atoms with Gasteiger partial charge in [-0.3, -0.25) is 9.59 Å². The summed E-state index contributed by atoms with van der Waals surface area (Å²) in [5.74, 6) is -1.36. The molecule has 0 spiro atoms. The second kappa shape index (κ2) is 7.20. The molecule has 2 unspecified atom stereocenters. The Hall–Kier alpha value is -2.81. The summed E-state index contributed by atoms with van der Waals surface area (Å²) in [6.07, 6.45) is 0.0682. The van der Waals surface area contributed by atoms with Crippen molar-refractivity contribution in [3.05, 3.63) is 41.7 Å². The molecule has 9 heteroatoms. The van der Waals surface area contributed by atoms with Crippen molar-refractivity contribution in [3.63, 3.8) is 0 Å². The van der Waals surface area contributed by atoms with E-state index in [1.807, 2.05) is 0 Å². The molecule has 2 atom stereocenters. The van der Waals surface area contributed by atoms with Crippen LogP contribution in [0.2, 0.25) is 0 Å². The molecule has 0 aliphatic carbocycles. The first-order chi connectivity index (χ1) is 12.4. The zero-order valence-corrected chi connectivity index (χ0v) is 14.4. The van der Waals surface area contributed by atoms with E-state index in [0.29, 0.717) is 17.9 Å². The van der Waals surface area contributed by atoms with Crippen molar-refractivity contribution in [2.45, 2.75) is 31.9 Å². The molecule has 3 rings (SSSR count). The van der Waals surface area contributed by atoms with Crippen molar-refractivity contribution in [2.75, 3.05) is 13.7 Å². The van der Waals surface area contributed by atoms with E-state index >= 15 is 0 Å². The minimum Gasteiger partial charge on any atom is -0.481 e. The second-order valence-electron chi connectivity index (χ2n) is 6.17. The number of carboxylic acids is 1. The average molecular weight is 362 g/mol. The van der Waals surface area contributed by atoms with E-state index in [1.165, 1.54) is 41.0 Å². The maximum atomic E-state index is 13.1. The molecule has 1 aromatic carbocycles. The number of carboxylic acid groups (broad SMARTS) is 1. The molecule has 2 heterocycles. The van der Waals surface area contributed by atoms with Gasteiger partial charge >= 0.3 is 5.97 Å². The van der Waals surface area contributed by atoms with Gasteiger partial charge in [-0.1, -0.05) is 0 Å². The average Bonchev–Trinajstić information content (AvgIpc) is 3.18. The third kappa shape index (κ3) is 3.57. The number of aryl methyl sites for hydroxylation is 1. The third-order valence-electron chi connectivity index (χ3n) is 4.41. The van der Waals surface area contributed by atoms with Crippen LogP contribution in [0.5, 0.6) is 0 Å². The molecule has 8 nitrogen and oxygen atoms in total. The number of nitrogens with zero attached hydrogens (tertiary/aromatic N) is 4. The van der Waals surface area contributed by atoms with Crippen LogP contribution in [0, 0.1) is 12.7 Å². The summed E-state index contributed by atoms with van der Waals surface area (Å²) in [5.41, 5.74) is 0.578. The minimum absolute atomic E-state index is 0.0287. The van der Waals surface area contributed by atoms with Gasteiger partial charge < -0.3 is 14.7 Å². The monoisotopic (exact) mass is 362 g/mol. The molecule has 1 saturated heterocycles. The lowest BCUT2D eigenvalue weighted by molar-refractivity contribution is -0.138. The summed E-state index contributed by atoms with van der Waals surface area (Å²) in [5, 5.41) is 13.3. The fraction of sp³-hybridized carbons (Fsp3) is 0.412. The number of likely N-dealkylation sites (tertiary alicyclic amines) is 1. The van der Waals surface area contributed by atoms with Gasteiger partial charge in [0.25, 0.3) is 5.91 Å². The van der Waals surface area contributed by atoms with E-state index in [0.717, 1.165) is 0 Å². The fourth-order valence-electron chi connectivity index (χ4n) is 3.12. The van der Waals surface area contributed by atoms with Gasteiger partial charge in [-0.15, -0.1) is 5.10 Å². The maximum absolute atomic E-state index is 13.1. The van der Waals surface area contributed by atoms with Crippen LogP contribution in [0.25, 0.3) is 5.69 Å². The summed E-state index contributed by atoms with van der Waals surface area (Å²) in [4.78, 5) is 29.6. The van der Waals surface area contributed by atoms with Crippen LogP contribution >= 0.6 is 0 Å². The Balaban J connectivity index is 1.86. The van der Waals surface area contributed by atoms with Crippen LogP contribution in [0.3, 0.4) is 0 Å². The highest BCUT2D eigenvalue weighted by molar-refractivity contribution is 5.91. The van der Waals surface area contributed by atoms with Crippen molar-refractivity contribution < 1.29 is 23.8 Å². The Kier molecular flexibility index (Phi) is 4.99. The molecule has 138 valence electrons. The Bertz CT molecular complexity index is 821. The molecule has 0 bridgehead atoms. The summed E-state index contributed by atoms with van der Waals surface area (Å²) in [6.45, 7) is 1.97. The van der Waals surface area contributed by atoms with E-state index in [9.17, 15) is 14.0 Å². The van der Waals surface area contributed by atoms with Crippen molar-refractivity contribution in [3.8, 4) is 5.69 Å². The van der Waals surface area contributed by atoms with Gasteiger partial charge in [0.15, 0.2) is 0 Å². The normalized spacial score (nSPS) is 19.7. The molecule has 1 aliphatic heterocycles. The molecule has 1 amide bonds. The van der Waals surface area contributed by atoms with Crippen molar-refractivity contribution >= 4 is 11.9 Å². The lowest BCUT2D eigenvalue weighted by Crippen LogP contribution is -2.38. The van der Waals surface area contributed by atoms with Crippen LogP contribution in [0.1, 0.15) is 29.3 Å². The van der Waals surface area contributed by atoms with Gasteiger partial charge in [-0.25, -0.2) is 14.1 Å². The van der Waals surface area contributed by atoms with E-state index in [1.54, 1.807) is 6.92 Å². The van der Waals surface area contributed by atoms with E-state index in [4.69, 9.17) is 9.84 Å². The largest absolute Gasteiger partial charge is 0.481 e. The molecule has 0 saturated carbocycles. The van der Waals surface area contributed by atoms with Crippen molar-refractivity contribution in [1.29, 1.82) is 0 Å². The first-order valence-electron chi connectivity index (χ1n) is 8.14. The summed E-state index contributed by atoms with van der Waals surface area (Å²) in [7, 11) is 1.53. The predicted molar refractivity (Wildman–Crippen MR) is 88.5 cm³/mol. The number of aromatic nitrogens is 3. The lowest BCUT2D eigenvalue weighted by Gasteiger charge is -2.21. The van der Waals surface area contributed by atoms with Gasteiger partial charge in [0.2, 0.25) is 5.82 Å². The number of aliphatic carboxylic acids is 1. The molecular weight excluding hydrogens is 343 g/mol. The highest BCUT2D eigenvalue weighted by Crippen LogP contribution is 2.24. The molecule has 1 N–H and O–H groups in total. The van der Waals surface area contributed by atoms with Gasteiger partial charge in [-0.2, -0.15) is 0 Å². The molecule has 2 aromatic rings. The smallest absolute Gasteiger partial charge is 0.305 e. The zero-order chi connectivity index (χ0) is 18.8. The highest BCUT2D eigenvalue weighted by atomic mass is 19.1. The third-order valence-corrected chi connectivity index (χ3v) is 4.41. The fourth-order valence-corrected chi connectivity index (χ4v) is 3.12. The Morgan fingerprint density at radius 1 is 1.35 bits per heavy atom. The molecular formula is C17H19FN4O4. The van der Waals surface area contributed by atoms with Gasteiger partial charge in [0, 0.05) is 19.7 Å². The number of methoxy groups -OCH3 is 1. The van der Waals surface area contributed by atoms with Gasteiger partial charge in [-0.05, 0) is 37.6 Å².